The molecule has 1 rings (SSSR count). The smallest absolute Gasteiger partial charge is 0.241 e. The Hall–Kier alpha value is -1.03. The highest BCUT2D eigenvalue weighted by atomic mass is 79.9. The molecule has 0 aromatic carbocycles. The van der Waals surface area contributed by atoms with E-state index < -0.39 is 5.91 Å². The number of furan rings is 1. The number of halogens is 1. The van der Waals surface area contributed by atoms with Gasteiger partial charge in [0, 0.05) is 6.08 Å². The highest BCUT2D eigenvalue weighted by molar-refractivity contribution is 9.10. The van der Waals surface area contributed by atoms with E-state index in [9.17, 15) is 4.79 Å². The van der Waals surface area contributed by atoms with Crippen LogP contribution in [0, 0.1) is 0 Å². The van der Waals surface area contributed by atoms with E-state index in [1.807, 2.05) is 0 Å². The lowest BCUT2D eigenvalue weighted by molar-refractivity contribution is -0.113. The minimum atomic E-state index is -0.488. The molecule has 0 unspecified atom stereocenters. The number of carbonyl (C=O) groups is 1. The summed E-state index contributed by atoms with van der Waals surface area (Å²) in [6, 6.07) is 3.46. The van der Waals surface area contributed by atoms with Crippen molar-refractivity contribution in [1.82, 2.24) is 0 Å². The van der Waals surface area contributed by atoms with Gasteiger partial charge in [-0.3, -0.25) is 4.79 Å². The summed E-state index contributed by atoms with van der Waals surface area (Å²) in [5.74, 6) is 0.105. The summed E-state index contributed by atoms with van der Waals surface area (Å²) in [6.45, 7) is 0. The first-order valence-electron chi connectivity index (χ1n) is 2.91. The molecule has 0 aliphatic rings. The van der Waals surface area contributed by atoms with Gasteiger partial charge < -0.3 is 10.2 Å². The monoisotopic (exact) mass is 215 g/mol. The van der Waals surface area contributed by atoms with Gasteiger partial charge in [0.2, 0.25) is 5.91 Å². The highest BCUT2D eigenvalue weighted by Gasteiger charge is 1.93. The van der Waals surface area contributed by atoms with Gasteiger partial charge in [0.15, 0.2) is 4.67 Å². The number of hydrogen-bond donors (Lipinski definition) is 1. The summed E-state index contributed by atoms with van der Waals surface area (Å²) >= 11 is 3.12. The Bertz CT molecular complexity index is 290. The van der Waals surface area contributed by atoms with E-state index in [0.717, 1.165) is 0 Å². The molecule has 0 fully saturated rings. The second kappa shape index (κ2) is 3.39. The van der Waals surface area contributed by atoms with E-state index in [-0.39, 0.29) is 0 Å². The average molecular weight is 216 g/mol. The average Bonchev–Trinajstić information content (AvgIpc) is 2.31. The predicted molar refractivity (Wildman–Crippen MR) is 44.6 cm³/mol. The zero-order chi connectivity index (χ0) is 8.27. The molecule has 0 bridgehead atoms. The van der Waals surface area contributed by atoms with Gasteiger partial charge >= 0.3 is 0 Å². The van der Waals surface area contributed by atoms with Crippen LogP contribution in [0.3, 0.4) is 0 Å². The van der Waals surface area contributed by atoms with Crippen molar-refractivity contribution >= 4 is 27.9 Å². The molecule has 1 aromatic rings. The molecule has 0 aliphatic carbocycles. The van der Waals surface area contributed by atoms with Gasteiger partial charge in [0.05, 0.1) is 0 Å². The van der Waals surface area contributed by atoms with Crippen molar-refractivity contribution in [3.05, 3.63) is 28.6 Å². The topological polar surface area (TPSA) is 56.2 Å². The summed E-state index contributed by atoms with van der Waals surface area (Å²) in [7, 11) is 0. The molecule has 0 saturated heterocycles. The van der Waals surface area contributed by atoms with Crippen molar-refractivity contribution in [3.63, 3.8) is 0 Å². The number of hydrogen-bond acceptors (Lipinski definition) is 2. The van der Waals surface area contributed by atoms with Crippen LogP contribution in [0.2, 0.25) is 0 Å². The molecule has 0 radical (unpaired) electrons. The van der Waals surface area contributed by atoms with Crippen LogP contribution in [0.4, 0.5) is 0 Å². The lowest BCUT2D eigenvalue weighted by atomic mass is 10.4. The van der Waals surface area contributed by atoms with Crippen LogP contribution in [0.1, 0.15) is 5.76 Å². The van der Waals surface area contributed by atoms with Crippen molar-refractivity contribution in [2.24, 2.45) is 5.73 Å². The van der Waals surface area contributed by atoms with Crippen LogP contribution >= 0.6 is 15.9 Å². The van der Waals surface area contributed by atoms with Crippen LogP contribution in [0.15, 0.2) is 27.3 Å². The number of nitrogens with two attached hydrogens (primary N) is 1. The fourth-order valence-electron chi connectivity index (χ4n) is 0.582. The van der Waals surface area contributed by atoms with E-state index >= 15 is 0 Å². The van der Waals surface area contributed by atoms with Crippen molar-refractivity contribution in [3.8, 4) is 0 Å². The molecule has 3 nitrogen and oxygen atoms in total. The molecular formula is C7H6BrNO2. The summed E-state index contributed by atoms with van der Waals surface area (Å²) in [5.41, 5.74) is 4.87. The molecule has 0 aliphatic heterocycles. The third-order valence-electron chi connectivity index (χ3n) is 1.01. The van der Waals surface area contributed by atoms with E-state index in [2.05, 4.69) is 15.9 Å². The maximum Gasteiger partial charge on any atom is 0.241 e. The van der Waals surface area contributed by atoms with Gasteiger partial charge in [-0.25, -0.2) is 0 Å². The molecule has 58 valence electrons. The molecule has 2 N–H and O–H groups in total. The molecule has 0 atom stereocenters. The Labute approximate surface area is 72.0 Å². The van der Waals surface area contributed by atoms with Gasteiger partial charge in [-0.15, -0.1) is 0 Å². The van der Waals surface area contributed by atoms with Gasteiger partial charge in [0.25, 0.3) is 0 Å². The van der Waals surface area contributed by atoms with Gasteiger partial charge in [-0.05, 0) is 34.1 Å². The van der Waals surface area contributed by atoms with Crippen LogP contribution < -0.4 is 5.73 Å². The summed E-state index contributed by atoms with van der Waals surface area (Å²) in [4.78, 5) is 10.3. The normalized spacial score (nSPS) is 10.6. The maximum absolute atomic E-state index is 10.3. The van der Waals surface area contributed by atoms with Gasteiger partial charge in [-0.1, -0.05) is 0 Å². The molecule has 11 heavy (non-hydrogen) atoms. The Kier molecular flexibility index (Phi) is 2.48. The van der Waals surface area contributed by atoms with Crippen molar-refractivity contribution in [2.75, 3.05) is 0 Å². The van der Waals surface area contributed by atoms with Crippen LogP contribution in [-0.4, -0.2) is 5.91 Å². The van der Waals surface area contributed by atoms with Crippen molar-refractivity contribution in [2.45, 2.75) is 0 Å². The zero-order valence-electron chi connectivity index (χ0n) is 5.58. The second-order valence-electron chi connectivity index (χ2n) is 1.88. The Morgan fingerprint density at radius 2 is 2.36 bits per heavy atom. The van der Waals surface area contributed by atoms with Crippen LogP contribution in [-0.2, 0) is 4.79 Å². The molecule has 0 spiro atoms. The highest BCUT2D eigenvalue weighted by Crippen LogP contribution is 2.14. The number of carbonyl (C=O) groups excluding carboxylic acids is 1. The summed E-state index contributed by atoms with van der Waals surface area (Å²) < 4.78 is 5.68. The molecule has 4 heteroatoms. The first-order valence-corrected chi connectivity index (χ1v) is 3.70. The van der Waals surface area contributed by atoms with Crippen molar-refractivity contribution < 1.29 is 9.21 Å². The fourth-order valence-corrected chi connectivity index (χ4v) is 0.901. The zero-order valence-corrected chi connectivity index (χ0v) is 7.17. The fraction of sp³-hybridized carbons (Fsp3) is 0. The first kappa shape index (κ1) is 8.07. The molecule has 0 saturated carbocycles. The third kappa shape index (κ3) is 2.59. The maximum atomic E-state index is 10.3. The van der Waals surface area contributed by atoms with Crippen molar-refractivity contribution in [1.29, 1.82) is 0 Å². The van der Waals surface area contributed by atoms with E-state index in [0.29, 0.717) is 10.4 Å². The Morgan fingerprint density at radius 1 is 1.64 bits per heavy atom. The second-order valence-corrected chi connectivity index (χ2v) is 2.66. The molecule has 1 aromatic heterocycles. The Morgan fingerprint density at radius 3 is 2.82 bits per heavy atom. The summed E-state index contributed by atoms with van der Waals surface area (Å²) in [5, 5.41) is 0. The number of rotatable bonds is 2. The van der Waals surface area contributed by atoms with E-state index in [4.69, 9.17) is 10.2 Å². The lowest BCUT2D eigenvalue weighted by Crippen LogP contribution is -2.04. The Balaban J connectivity index is 2.71. The van der Waals surface area contributed by atoms with Crippen LogP contribution in [0.25, 0.3) is 6.08 Å². The molecular weight excluding hydrogens is 210 g/mol. The SMILES string of the molecule is NC(=O)/C=C/c1ccc(Br)o1. The van der Waals surface area contributed by atoms with Crippen LogP contribution in [0.5, 0.6) is 0 Å². The standard InChI is InChI=1S/C7H6BrNO2/c8-6-3-1-5(11-6)2-4-7(9)10/h1-4H,(H2,9,10)/b4-2+. The third-order valence-corrected chi connectivity index (χ3v) is 1.43. The minimum Gasteiger partial charge on any atom is -0.450 e. The van der Waals surface area contributed by atoms with E-state index in [1.165, 1.54) is 12.2 Å². The quantitative estimate of drug-likeness (QED) is 0.762. The van der Waals surface area contributed by atoms with Gasteiger partial charge in [0.1, 0.15) is 5.76 Å². The lowest BCUT2D eigenvalue weighted by Gasteiger charge is -1.81. The molecule has 1 amide bonds. The number of primary amides is 1. The predicted octanol–water partition coefficient (Wildman–Crippen LogP) is 1.54. The first-order chi connectivity index (χ1) is 5.18. The summed E-state index contributed by atoms with van der Waals surface area (Å²) in [6.07, 6.45) is 2.75. The molecule has 1 heterocycles. The van der Waals surface area contributed by atoms with E-state index in [1.54, 1.807) is 12.1 Å². The minimum absolute atomic E-state index is 0.488. The number of amides is 1. The van der Waals surface area contributed by atoms with Gasteiger partial charge in [-0.2, -0.15) is 0 Å². The largest absolute Gasteiger partial charge is 0.450 e.